The van der Waals surface area contributed by atoms with E-state index in [0.717, 1.165) is 5.76 Å². The van der Waals surface area contributed by atoms with Gasteiger partial charge in [-0.05, 0) is 12.1 Å². The topological polar surface area (TPSA) is 42.7 Å². The molecule has 1 atom stereocenters. The Morgan fingerprint density at radius 2 is 2.43 bits per heavy atom. The fourth-order valence-corrected chi connectivity index (χ4v) is 1.22. The van der Waals surface area contributed by atoms with Crippen LogP contribution in [-0.4, -0.2) is 25.1 Å². The van der Waals surface area contributed by atoms with E-state index in [1.165, 1.54) is 12.2 Å². The number of hydrogen-bond acceptors (Lipinski definition) is 3. The van der Waals surface area contributed by atoms with Crippen LogP contribution in [0.2, 0.25) is 0 Å². The van der Waals surface area contributed by atoms with Gasteiger partial charge in [0.1, 0.15) is 5.76 Å². The van der Waals surface area contributed by atoms with Crippen molar-refractivity contribution in [2.75, 3.05) is 14.2 Å². The fourth-order valence-electron chi connectivity index (χ4n) is 1.22. The number of nitrogens with zero attached hydrogens (tertiary/aromatic N) is 1. The van der Waals surface area contributed by atoms with E-state index in [1.807, 2.05) is 19.1 Å². The molecule has 78 valence electrons. The number of carbonyl (C=O) groups is 1. The van der Waals surface area contributed by atoms with Gasteiger partial charge in [0.15, 0.2) is 0 Å². The Hall–Kier alpha value is -1.29. The lowest BCUT2D eigenvalue weighted by Crippen LogP contribution is -2.31. The van der Waals surface area contributed by atoms with Crippen molar-refractivity contribution >= 4 is 5.91 Å². The minimum Gasteiger partial charge on any atom is -0.469 e. The first-order valence-electron chi connectivity index (χ1n) is 4.49. The van der Waals surface area contributed by atoms with Gasteiger partial charge in [0, 0.05) is 19.4 Å². The molecular weight excluding hydrogens is 182 g/mol. The third-order valence-corrected chi connectivity index (χ3v) is 2.09. The molecule has 0 spiro atoms. The first-order valence-corrected chi connectivity index (χ1v) is 4.49. The van der Waals surface area contributed by atoms with Crippen molar-refractivity contribution in [1.29, 1.82) is 0 Å². The molecule has 4 heteroatoms. The van der Waals surface area contributed by atoms with Gasteiger partial charge < -0.3 is 4.42 Å². The fraction of sp³-hybridized carbons (Fsp3) is 0.500. The maximum atomic E-state index is 11.6. The lowest BCUT2D eigenvalue weighted by atomic mass is 10.1. The molecule has 0 aliphatic heterocycles. The third-order valence-electron chi connectivity index (χ3n) is 2.09. The number of hydroxylamine groups is 2. The molecule has 0 bridgehead atoms. The Labute approximate surface area is 83.4 Å². The van der Waals surface area contributed by atoms with Crippen molar-refractivity contribution in [2.24, 2.45) is 5.92 Å². The summed E-state index contributed by atoms with van der Waals surface area (Å²) in [6, 6.07) is 3.67. The largest absolute Gasteiger partial charge is 0.469 e. The van der Waals surface area contributed by atoms with Crippen LogP contribution in [-0.2, 0) is 16.1 Å². The summed E-state index contributed by atoms with van der Waals surface area (Å²) in [5.41, 5.74) is 0. The van der Waals surface area contributed by atoms with Crippen LogP contribution in [0.15, 0.2) is 22.8 Å². The maximum Gasteiger partial charge on any atom is 0.249 e. The highest BCUT2D eigenvalue weighted by atomic mass is 16.7. The summed E-state index contributed by atoms with van der Waals surface area (Å²) in [4.78, 5) is 16.4. The second-order valence-electron chi connectivity index (χ2n) is 3.20. The number of carbonyl (C=O) groups excluding carboxylic acids is 1. The zero-order valence-corrected chi connectivity index (χ0v) is 8.69. The number of amides is 1. The van der Waals surface area contributed by atoms with Crippen LogP contribution >= 0.6 is 0 Å². The molecule has 0 aromatic carbocycles. The van der Waals surface area contributed by atoms with E-state index in [0.29, 0.717) is 6.42 Å². The molecule has 0 N–H and O–H groups in total. The molecule has 1 heterocycles. The van der Waals surface area contributed by atoms with Gasteiger partial charge in [-0.15, -0.1) is 0 Å². The molecule has 1 rings (SSSR count). The van der Waals surface area contributed by atoms with Crippen molar-refractivity contribution < 1.29 is 14.0 Å². The van der Waals surface area contributed by atoms with E-state index in [-0.39, 0.29) is 11.8 Å². The number of furan rings is 1. The molecule has 0 aliphatic rings. The van der Waals surface area contributed by atoms with E-state index >= 15 is 0 Å². The molecule has 0 fully saturated rings. The molecule has 14 heavy (non-hydrogen) atoms. The SMILES string of the molecule is CON(C)C(=O)[C@@H](C)Cc1ccco1. The predicted octanol–water partition coefficient (Wildman–Crippen LogP) is 1.48. The summed E-state index contributed by atoms with van der Waals surface area (Å²) in [7, 11) is 3.07. The van der Waals surface area contributed by atoms with Gasteiger partial charge in [-0.25, -0.2) is 5.06 Å². The van der Waals surface area contributed by atoms with Crippen LogP contribution in [0, 0.1) is 5.92 Å². The smallest absolute Gasteiger partial charge is 0.249 e. The summed E-state index contributed by atoms with van der Waals surface area (Å²) in [5.74, 6) is 0.630. The average molecular weight is 197 g/mol. The van der Waals surface area contributed by atoms with Gasteiger partial charge >= 0.3 is 0 Å². The highest BCUT2D eigenvalue weighted by Crippen LogP contribution is 2.11. The van der Waals surface area contributed by atoms with E-state index in [4.69, 9.17) is 9.25 Å². The van der Waals surface area contributed by atoms with Gasteiger partial charge in [0.2, 0.25) is 5.91 Å². The van der Waals surface area contributed by atoms with E-state index in [9.17, 15) is 4.79 Å². The molecule has 0 radical (unpaired) electrons. The minimum absolute atomic E-state index is 0.0519. The molecule has 0 saturated carbocycles. The second kappa shape index (κ2) is 4.81. The summed E-state index contributed by atoms with van der Waals surface area (Å²) in [6.07, 6.45) is 2.20. The van der Waals surface area contributed by atoms with Crippen LogP contribution in [0.25, 0.3) is 0 Å². The molecule has 0 unspecified atom stereocenters. The van der Waals surface area contributed by atoms with Crippen LogP contribution in [0.3, 0.4) is 0 Å². The first kappa shape index (κ1) is 10.8. The van der Waals surface area contributed by atoms with Crippen molar-refractivity contribution in [3.8, 4) is 0 Å². The highest BCUT2D eigenvalue weighted by molar-refractivity contribution is 5.77. The van der Waals surface area contributed by atoms with Crippen LogP contribution in [0.4, 0.5) is 0 Å². The average Bonchev–Trinajstić information content (AvgIpc) is 2.68. The molecule has 0 aliphatic carbocycles. The summed E-state index contributed by atoms with van der Waals surface area (Å²) in [6.45, 7) is 1.85. The molecule has 1 aromatic heterocycles. The second-order valence-corrected chi connectivity index (χ2v) is 3.20. The van der Waals surface area contributed by atoms with Gasteiger partial charge in [0.25, 0.3) is 0 Å². The quantitative estimate of drug-likeness (QED) is 0.686. The third kappa shape index (κ3) is 2.60. The lowest BCUT2D eigenvalue weighted by molar-refractivity contribution is -0.172. The van der Waals surface area contributed by atoms with Gasteiger partial charge in [-0.2, -0.15) is 0 Å². The Balaban J connectivity index is 2.50. The molecule has 0 saturated heterocycles. The monoisotopic (exact) mass is 197 g/mol. The van der Waals surface area contributed by atoms with Crippen LogP contribution in [0.1, 0.15) is 12.7 Å². The Morgan fingerprint density at radius 1 is 1.71 bits per heavy atom. The summed E-state index contributed by atoms with van der Waals surface area (Å²) < 4.78 is 5.16. The van der Waals surface area contributed by atoms with Crippen molar-refractivity contribution in [3.05, 3.63) is 24.2 Å². The number of rotatable bonds is 4. The van der Waals surface area contributed by atoms with Crippen molar-refractivity contribution in [3.63, 3.8) is 0 Å². The van der Waals surface area contributed by atoms with Crippen molar-refractivity contribution in [2.45, 2.75) is 13.3 Å². The lowest BCUT2D eigenvalue weighted by Gasteiger charge is -2.17. The Morgan fingerprint density at radius 3 is 2.93 bits per heavy atom. The van der Waals surface area contributed by atoms with Gasteiger partial charge in [0.05, 0.1) is 13.4 Å². The van der Waals surface area contributed by atoms with E-state index in [1.54, 1.807) is 13.3 Å². The van der Waals surface area contributed by atoms with E-state index < -0.39 is 0 Å². The van der Waals surface area contributed by atoms with Gasteiger partial charge in [-0.3, -0.25) is 9.63 Å². The van der Waals surface area contributed by atoms with E-state index in [2.05, 4.69) is 0 Å². The predicted molar refractivity (Wildman–Crippen MR) is 51.4 cm³/mol. The zero-order chi connectivity index (χ0) is 10.6. The van der Waals surface area contributed by atoms with Crippen LogP contribution in [0.5, 0.6) is 0 Å². The maximum absolute atomic E-state index is 11.6. The molecule has 1 amide bonds. The number of hydrogen-bond donors (Lipinski definition) is 0. The summed E-state index contributed by atoms with van der Waals surface area (Å²) in [5, 5.41) is 1.23. The standard InChI is InChI=1S/C10H15NO3/c1-8(10(12)11(2)13-3)7-9-5-4-6-14-9/h4-6,8H,7H2,1-3H3/t8-/m0/s1. The molecule has 4 nitrogen and oxygen atoms in total. The van der Waals surface area contributed by atoms with Gasteiger partial charge in [-0.1, -0.05) is 6.92 Å². The minimum atomic E-state index is -0.133. The van der Waals surface area contributed by atoms with Crippen LogP contribution < -0.4 is 0 Å². The molecular formula is C10H15NO3. The normalized spacial score (nSPS) is 12.5. The highest BCUT2D eigenvalue weighted by Gasteiger charge is 2.18. The first-order chi connectivity index (χ1) is 6.65. The Bertz CT molecular complexity index is 282. The van der Waals surface area contributed by atoms with Crippen molar-refractivity contribution in [1.82, 2.24) is 5.06 Å². The summed E-state index contributed by atoms with van der Waals surface area (Å²) >= 11 is 0. The molecule has 1 aromatic rings. The Kier molecular flexibility index (Phi) is 3.71. The zero-order valence-electron chi connectivity index (χ0n) is 8.69.